The molecule has 20 heavy (non-hydrogen) atoms. The summed E-state index contributed by atoms with van der Waals surface area (Å²) in [6.07, 6.45) is 1.73. The molecule has 1 heterocycles. The third-order valence-electron chi connectivity index (χ3n) is 3.38. The molecule has 1 atom stereocenters. The number of nitrogens with one attached hydrogen (secondary N) is 1. The molecule has 2 aromatic rings. The normalized spacial score (nSPS) is 12.0. The zero-order chi connectivity index (χ0) is 14.5. The number of ether oxygens (including phenoxy) is 2. The van der Waals surface area contributed by atoms with Crippen LogP contribution in [0.5, 0.6) is 11.6 Å². The largest absolute Gasteiger partial charge is 0.497 e. The first-order valence-electron chi connectivity index (χ1n) is 6.52. The van der Waals surface area contributed by atoms with E-state index < -0.39 is 0 Å². The Bertz CT molecular complexity index is 584. The van der Waals surface area contributed by atoms with E-state index in [1.54, 1.807) is 20.4 Å². The van der Waals surface area contributed by atoms with Crippen molar-refractivity contribution in [2.24, 2.45) is 0 Å². The summed E-state index contributed by atoms with van der Waals surface area (Å²) in [6, 6.07) is 10.0. The van der Waals surface area contributed by atoms with Crippen molar-refractivity contribution in [3.8, 4) is 11.6 Å². The van der Waals surface area contributed by atoms with Crippen molar-refractivity contribution in [3.05, 3.63) is 53.2 Å². The van der Waals surface area contributed by atoms with E-state index in [9.17, 15) is 0 Å². The molecule has 0 bridgehead atoms. The second-order valence-corrected chi connectivity index (χ2v) is 4.55. The van der Waals surface area contributed by atoms with Crippen molar-refractivity contribution in [2.45, 2.75) is 13.0 Å². The zero-order valence-corrected chi connectivity index (χ0v) is 12.3. The number of rotatable bonds is 5. The number of benzene rings is 1. The number of aryl methyl sites for hydroxylation is 1. The lowest BCUT2D eigenvalue weighted by molar-refractivity contribution is 0.388. The molecule has 0 saturated carbocycles. The Balaban J connectivity index is 2.47. The fraction of sp³-hybridized carbons (Fsp3) is 0.312. The molecule has 0 radical (unpaired) electrons. The van der Waals surface area contributed by atoms with Gasteiger partial charge in [-0.2, -0.15) is 0 Å². The van der Waals surface area contributed by atoms with Crippen molar-refractivity contribution in [2.75, 3.05) is 21.3 Å². The first kappa shape index (κ1) is 14.3. The van der Waals surface area contributed by atoms with Gasteiger partial charge < -0.3 is 14.8 Å². The summed E-state index contributed by atoms with van der Waals surface area (Å²) in [4.78, 5) is 4.27. The molecule has 0 spiro atoms. The maximum atomic E-state index is 5.36. The number of hydrogen-bond donors (Lipinski definition) is 1. The second kappa shape index (κ2) is 6.39. The predicted octanol–water partition coefficient (Wildman–Crippen LogP) is 2.72. The molecule has 1 N–H and O–H groups in total. The van der Waals surface area contributed by atoms with E-state index in [1.165, 1.54) is 5.56 Å². The van der Waals surface area contributed by atoms with Gasteiger partial charge in [-0.05, 0) is 43.3 Å². The van der Waals surface area contributed by atoms with E-state index in [1.807, 2.05) is 31.3 Å². The zero-order valence-electron chi connectivity index (χ0n) is 12.3. The summed E-state index contributed by atoms with van der Waals surface area (Å²) in [5, 5.41) is 3.33. The van der Waals surface area contributed by atoms with Crippen LogP contribution in [0, 0.1) is 6.92 Å². The van der Waals surface area contributed by atoms with Gasteiger partial charge in [0, 0.05) is 11.8 Å². The van der Waals surface area contributed by atoms with Crippen molar-refractivity contribution in [1.82, 2.24) is 10.3 Å². The van der Waals surface area contributed by atoms with E-state index in [-0.39, 0.29) is 6.04 Å². The lowest BCUT2D eigenvalue weighted by Gasteiger charge is -2.21. The van der Waals surface area contributed by atoms with Gasteiger partial charge in [0.2, 0.25) is 5.88 Å². The van der Waals surface area contributed by atoms with Crippen molar-refractivity contribution in [3.63, 3.8) is 0 Å². The van der Waals surface area contributed by atoms with Crippen LogP contribution in [0.2, 0.25) is 0 Å². The highest BCUT2D eigenvalue weighted by atomic mass is 16.5. The highest BCUT2D eigenvalue weighted by molar-refractivity contribution is 5.43. The summed E-state index contributed by atoms with van der Waals surface area (Å²) in [7, 11) is 5.24. The summed E-state index contributed by atoms with van der Waals surface area (Å²) in [5.41, 5.74) is 3.36. The van der Waals surface area contributed by atoms with Crippen LogP contribution in [0.1, 0.15) is 22.7 Å². The minimum absolute atomic E-state index is 0.0320. The highest BCUT2D eigenvalue weighted by Gasteiger charge is 2.19. The maximum absolute atomic E-state index is 5.36. The standard InChI is InChI=1S/C16H20N2O2/c1-11-10-12(19-3)7-8-13(11)15(17-2)14-6-5-9-18-16(14)20-4/h5-10,15,17H,1-4H3. The van der Waals surface area contributed by atoms with Crippen LogP contribution < -0.4 is 14.8 Å². The van der Waals surface area contributed by atoms with Crippen LogP contribution in [-0.2, 0) is 0 Å². The maximum Gasteiger partial charge on any atom is 0.218 e. The molecule has 0 aliphatic heterocycles. The Morgan fingerprint density at radius 2 is 1.90 bits per heavy atom. The third kappa shape index (κ3) is 2.75. The van der Waals surface area contributed by atoms with Crippen LogP contribution in [0.3, 0.4) is 0 Å². The number of nitrogens with zero attached hydrogens (tertiary/aromatic N) is 1. The highest BCUT2D eigenvalue weighted by Crippen LogP contribution is 2.31. The monoisotopic (exact) mass is 272 g/mol. The number of aromatic nitrogens is 1. The second-order valence-electron chi connectivity index (χ2n) is 4.55. The third-order valence-corrected chi connectivity index (χ3v) is 3.38. The Labute approximate surface area is 119 Å². The summed E-state index contributed by atoms with van der Waals surface area (Å²) < 4.78 is 10.6. The molecule has 0 fully saturated rings. The van der Waals surface area contributed by atoms with Crippen LogP contribution >= 0.6 is 0 Å². The molecular formula is C16H20N2O2. The number of hydrogen-bond acceptors (Lipinski definition) is 4. The fourth-order valence-corrected chi connectivity index (χ4v) is 2.37. The topological polar surface area (TPSA) is 43.4 Å². The molecule has 1 aromatic carbocycles. The molecule has 0 amide bonds. The quantitative estimate of drug-likeness (QED) is 0.909. The van der Waals surface area contributed by atoms with Crippen molar-refractivity contribution >= 4 is 0 Å². The Hall–Kier alpha value is -2.07. The van der Waals surface area contributed by atoms with E-state index in [0.29, 0.717) is 5.88 Å². The molecule has 1 aromatic heterocycles. The summed E-state index contributed by atoms with van der Waals surface area (Å²) >= 11 is 0. The van der Waals surface area contributed by atoms with Crippen LogP contribution in [0.25, 0.3) is 0 Å². The van der Waals surface area contributed by atoms with E-state index in [4.69, 9.17) is 9.47 Å². The molecule has 0 aliphatic carbocycles. The van der Waals surface area contributed by atoms with Gasteiger partial charge in [0.05, 0.1) is 20.3 Å². The Kier molecular flexibility index (Phi) is 4.58. The lowest BCUT2D eigenvalue weighted by Crippen LogP contribution is -2.19. The molecular weight excluding hydrogens is 252 g/mol. The Morgan fingerprint density at radius 3 is 2.50 bits per heavy atom. The van der Waals surface area contributed by atoms with Crippen LogP contribution in [-0.4, -0.2) is 26.3 Å². The van der Waals surface area contributed by atoms with Crippen LogP contribution in [0.15, 0.2) is 36.5 Å². The van der Waals surface area contributed by atoms with Gasteiger partial charge in [-0.15, -0.1) is 0 Å². The lowest BCUT2D eigenvalue weighted by atomic mass is 9.95. The van der Waals surface area contributed by atoms with Gasteiger partial charge in [-0.25, -0.2) is 4.98 Å². The molecule has 4 nitrogen and oxygen atoms in total. The molecule has 0 aliphatic rings. The van der Waals surface area contributed by atoms with Gasteiger partial charge in [0.15, 0.2) is 0 Å². The molecule has 4 heteroatoms. The number of pyridine rings is 1. The smallest absolute Gasteiger partial charge is 0.218 e. The van der Waals surface area contributed by atoms with Gasteiger partial charge >= 0.3 is 0 Å². The molecule has 2 rings (SSSR count). The van der Waals surface area contributed by atoms with Crippen LogP contribution in [0.4, 0.5) is 0 Å². The predicted molar refractivity (Wildman–Crippen MR) is 79.4 cm³/mol. The average molecular weight is 272 g/mol. The van der Waals surface area contributed by atoms with E-state index in [2.05, 4.69) is 23.3 Å². The first-order valence-corrected chi connectivity index (χ1v) is 6.52. The first-order chi connectivity index (χ1) is 9.71. The van der Waals surface area contributed by atoms with E-state index >= 15 is 0 Å². The number of methoxy groups -OCH3 is 2. The van der Waals surface area contributed by atoms with Gasteiger partial charge in [-0.1, -0.05) is 12.1 Å². The van der Waals surface area contributed by atoms with E-state index in [0.717, 1.165) is 16.9 Å². The minimum Gasteiger partial charge on any atom is -0.497 e. The van der Waals surface area contributed by atoms with Gasteiger partial charge in [0.1, 0.15) is 5.75 Å². The Morgan fingerprint density at radius 1 is 1.10 bits per heavy atom. The van der Waals surface area contributed by atoms with Crippen molar-refractivity contribution in [1.29, 1.82) is 0 Å². The average Bonchev–Trinajstić information content (AvgIpc) is 2.50. The molecule has 106 valence electrons. The SMILES string of the molecule is CNC(c1ccc(OC)cc1C)c1cccnc1OC. The summed E-state index contributed by atoms with van der Waals surface area (Å²) in [5.74, 6) is 1.50. The molecule has 0 saturated heterocycles. The van der Waals surface area contributed by atoms with Gasteiger partial charge in [0.25, 0.3) is 0 Å². The van der Waals surface area contributed by atoms with Gasteiger partial charge in [-0.3, -0.25) is 0 Å². The summed E-state index contributed by atoms with van der Waals surface area (Å²) in [6.45, 7) is 2.07. The fourth-order valence-electron chi connectivity index (χ4n) is 2.37. The minimum atomic E-state index is 0.0320. The molecule has 1 unspecified atom stereocenters. The van der Waals surface area contributed by atoms with Crippen molar-refractivity contribution < 1.29 is 9.47 Å².